The Kier molecular flexibility index (Phi) is 7.77. The second-order valence-electron chi connectivity index (χ2n) is 4.30. The van der Waals surface area contributed by atoms with E-state index in [4.69, 9.17) is 5.73 Å². The van der Waals surface area contributed by atoms with Crippen molar-refractivity contribution >= 4 is 5.78 Å². The lowest BCUT2D eigenvalue weighted by atomic mass is 9.93. The zero-order chi connectivity index (χ0) is 11.0. The van der Waals surface area contributed by atoms with Gasteiger partial charge in [0.15, 0.2) is 0 Å². The van der Waals surface area contributed by atoms with Gasteiger partial charge in [0.25, 0.3) is 0 Å². The number of carbonyl (C=O) groups excluding carboxylic acids is 1. The van der Waals surface area contributed by atoms with Gasteiger partial charge in [-0.2, -0.15) is 0 Å². The number of nitrogens with two attached hydrogens (primary N) is 1. The van der Waals surface area contributed by atoms with Crippen molar-refractivity contribution in [3.63, 3.8) is 0 Å². The standard InChI is InChI=1S/C12H25NO/c1-4-11(5-2)8-12(14)7-6-10(3)9-13/h10-11H,4-9,13H2,1-3H3. The van der Waals surface area contributed by atoms with Crippen LogP contribution in [0, 0.1) is 11.8 Å². The summed E-state index contributed by atoms with van der Waals surface area (Å²) < 4.78 is 0. The molecule has 0 fully saturated rings. The van der Waals surface area contributed by atoms with E-state index in [1.807, 2.05) is 0 Å². The van der Waals surface area contributed by atoms with Crippen LogP contribution in [0.5, 0.6) is 0 Å². The van der Waals surface area contributed by atoms with Crippen LogP contribution in [0.25, 0.3) is 0 Å². The third-order valence-corrected chi connectivity index (χ3v) is 2.99. The second-order valence-corrected chi connectivity index (χ2v) is 4.30. The molecule has 0 aliphatic heterocycles. The Morgan fingerprint density at radius 2 is 1.86 bits per heavy atom. The van der Waals surface area contributed by atoms with Crippen molar-refractivity contribution < 1.29 is 4.79 Å². The molecule has 2 N–H and O–H groups in total. The molecule has 0 amide bonds. The Balaban J connectivity index is 3.64. The molecule has 0 aromatic heterocycles. The van der Waals surface area contributed by atoms with Crippen LogP contribution in [0.1, 0.15) is 52.9 Å². The van der Waals surface area contributed by atoms with Crippen LogP contribution in [0.4, 0.5) is 0 Å². The van der Waals surface area contributed by atoms with Crippen LogP contribution < -0.4 is 5.73 Å². The highest BCUT2D eigenvalue weighted by atomic mass is 16.1. The van der Waals surface area contributed by atoms with Crippen LogP contribution in [-0.4, -0.2) is 12.3 Å². The van der Waals surface area contributed by atoms with Crippen molar-refractivity contribution in [3.05, 3.63) is 0 Å². The van der Waals surface area contributed by atoms with E-state index in [1.165, 1.54) is 0 Å². The van der Waals surface area contributed by atoms with Crippen LogP contribution in [0.3, 0.4) is 0 Å². The quantitative estimate of drug-likeness (QED) is 0.653. The van der Waals surface area contributed by atoms with Gasteiger partial charge in [-0.15, -0.1) is 0 Å². The molecule has 0 aromatic carbocycles. The predicted molar refractivity (Wildman–Crippen MR) is 61.1 cm³/mol. The molecule has 0 spiro atoms. The number of Topliss-reactive ketones (excluding diaryl/α,β-unsaturated/α-hetero) is 1. The lowest BCUT2D eigenvalue weighted by molar-refractivity contribution is -0.120. The highest BCUT2D eigenvalue weighted by molar-refractivity contribution is 5.78. The Bertz CT molecular complexity index is 152. The normalized spacial score (nSPS) is 13.2. The number of hydrogen-bond acceptors (Lipinski definition) is 2. The molecular formula is C12H25NO. The van der Waals surface area contributed by atoms with Crippen LogP contribution in [0.2, 0.25) is 0 Å². The van der Waals surface area contributed by atoms with Crippen LogP contribution in [-0.2, 0) is 4.79 Å². The van der Waals surface area contributed by atoms with E-state index >= 15 is 0 Å². The lowest BCUT2D eigenvalue weighted by Gasteiger charge is -2.12. The highest BCUT2D eigenvalue weighted by Gasteiger charge is 2.11. The van der Waals surface area contributed by atoms with E-state index in [-0.39, 0.29) is 0 Å². The van der Waals surface area contributed by atoms with Crippen molar-refractivity contribution in [1.82, 2.24) is 0 Å². The van der Waals surface area contributed by atoms with Crippen molar-refractivity contribution in [3.8, 4) is 0 Å². The third-order valence-electron chi connectivity index (χ3n) is 2.99. The lowest BCUT2D eigenvalue weighted by Crippen LogP contribution is -2.13. The number of hydrogen-bond donors (Lipinski definition) is 1. The SMILES string of the molecule is CCC(CC)CC(=O)CCC(C)CN. The Morgan fingerprint density at radius 3 is 2.29 bits per heavy atom. The average molecular weight is 199 g/mol. The third kappa shape index (κ3) is 6.14. The predicted octanol–water partition coefficient (Wildman–Crippen LogP) is 2.76. The number of carbonyl (C=O) groups is 1. The molecule has 14 heavy (non-hydrogen) atoms. The van der Waals surface area contributed by atoms with Crippen molar-refractivity contribution in [2.45, 2.75) is 52.9 Å². The van der Waals surface area contributed by atoms with Gasteiger partial charge in [-0.3, -0.25) is 4.79 Å². The first-order valence-corrected chi connectivity index (χ1v) is 5.85. The van der Waals surface area contributed by atoms with Gasteiger partial charge in [-0.05, 0) is 24.8 Å². The molecule has 1 atom stereocenters. The first-order chi connectivity index (χ1) is 6.63. The molecule has 84 valence electrons. The fraction of sp³-hybridized carbons (Fsp3) is 0.917. The maximum Gasteiger partial charge on any atom is 0.133 e. The van der Waals surface area contributed by atoms with Gasteiger partial charge in [0.1, 0.15) is 5.78 Å². The van der Waals surface area contributed by atoms with Gasteiger partial charge in [-0.1, -0.05) is 33.6 Å². The second kappa shape index (κ2) is 7.98. The first-order valence-electron chi connectivity index (χ1n) is 5.85. The summed E-state index contributed by atoms with van der Waals surface area (Å²) in [5.74, 6) is 1.50. The molecular weight excluding hydrogens is 174 g/mol. The molecule has 0 heterocycles. The van der Waals surface area contributed by atoms with Gasteiger partial charge >= 0.3 is 0 Å². The van der Waals surface area contributed by atoms with E-state index < -0.39 is 0 Å². The molecule has 0 aromatic rings. The smallest absolute Gasteiger partial charge is 0.133 e. The minimum Gasteiger partial charge on any atom is -0.330 e. The van der Waals surface area contributed by atoms with E-state index in [2.05, 4.69) is 20.8 Å². The maximum atomic E-state index is 11.6. The summed E-state index contributed by atoms with van der Waals surface area (Å²) in [6.45, 7) is 7.11. The van der Waals surface area contributed by atoms with Crippen molar-refractivity contribution in [2.75, 3.05) is 6.54 Å². The summed E-state index contributed by atoms with van der Waals surface area (Å²) in [4.78, 5) is 11.6. The fourth-order valence-electron chi connectivity index (χ4n) is 1.53. The number of rotatable bonds is 8. The molecule has 0 aliphatic rings. The summed E-state index contributed by atoms with van der Waals surface area (Å²) in [5, 5.41) is 0. The van der Waals surface area contributed by atoms with Crippen LogP contribution >= 0.6 is 0 Å². The molecule has 0 saturated heterocycles. The molecule has 2 nitrogen and oxygen atoms in total. The minimum absolute atomic E-state index is 0.416. The van der Waals surface area contributed by atoms with Crippen molar-refractivity contribution in [2.24, 2.45) is 17.6 Å². The highest BCUT2D eigenvalue weighted by Crippen LogP contribution is 2.15. The zero-order valence-corrected chi connectivity index (χ0v) is 9.88. The Morgan fingerprint density at radius 1 is 1.29 bits per heavy atom. The van der Waals surface area contributed by atoms with Gasteiger partial charge in [-0.25, -0.2) is 0 Å². The summed E-state index contributed by atoms with van der Waals surface area (Å²) >= 11 is 0. The van der Waals surface area contributed by atoms with Gasteiger partial charge in [0, 0.05) is 12.8 Å². The van der Waals surface area contributed by atoms with E-state index in [0.717, 1.165) is 32.1 Å². The summed E-state index contributed by atoms with van der Waals surface area (Å²) in [6.07, 6.45) is 4.68. The molecule has 0 aliphatic carbocycles. The topological polar surface area (TPSA) is 43.1 Å². The van der Waals surface area contributed by atoms with E-state index in [0.29, 0.717) is 24.2 Å². The molecule has 0 bridgehead atoms. The first kappa shape index (κ1) is 13.6. The van der Waals surface area contributed by atoms with Crippen LogP contribution in [0.15, 0.2) is 0 Å². The molecule has 1 unspecified atom stereocenters. The Labute approximate surface area is 88.3 Å². The fourth-order valence-corrected chi connectivity index (χ4v) is 1.53. The minimum atomic E-state index is 0.416. The maximum absolute atomic E-state index is 11.6. The monoisotopic (exact) mass is 199 g/mol. The summed E-state index contributed by atoms with van der Waals surface area (Å²) in [6, 6.07) is 0. The molecule has 0 rings (SSSR count). The van der Waals surface area contributed by atoms with Crippen molar-refractivity contribution in [1.29, 1.82) is 0 Å². The van der Waals surface area contributed by atoms with Gasteiger partial charge < -0.3 is 5.73 Å². The summed E-state index contributed by atoms with van der Waals surface area (Å²) in [5.41, 5.74) is 5.50. The average Bonchev–Trinajstić information content (AvgIpc) is 2.22. The van der Waals surface area contributed by atoms with Gasteiger partial charge in [0.2, 0.25) is 0 Å². The zero-order valence-electron chi connectivity index (χ0n) is 9.88. The van der Waals surface area contributed by atoms with E-state index in [1.54, 1.807) is 0 Å². The molecule has 0 radical (unpaired) electrons. The molecule has 2 heteroatoms. The summed E-state index contributed by atoms with van der Waals surface area (Å²) in [7, 11) is 0. The molecule has 0 saturated carbocycles. The Hall–Kier alpha value is -0.370. The van der Waals surface area contributed by atoms with Gasteiger partial charge in [0.05, 0.1) is 0 Å². The largest absolute Gasteiger partial charge is 0.330 e. The number of ketones is 1. The van der Waals surface area contributed by atoms with E-state index in [9.17, 15) is 4.79 Å².